The third-order valence-electron chi connectivity index (χ3n) is 2.71. The third kappa shape index (κ3) is 3.59. The molecule has 0 aliphatic heterocycles. The summed E-state index contributed by atoms with van der Waals surface area (Å²) < 4.78 is 0. The number of rotatable bonds is 5. The van der Waals surface area contributed by atoms with E-state index in [9.17, 15) is 14.7 Å². The SMILES string of the molecule is O=C(N[C@@H](Cc1ccccc1)C(=O)O)c1sccc1Cl. The minimum absolute atomic E-state index is 0.227. The van der Waals surface area contributed by atoms with E-state index in [2.05, 4.69) is 5.32 Å². The van der Waals surface area contributed by atoms with E-state index in [0.29, 0.717) is 9.90 Å². The average molecular weight is 310 g/mol. The minimum Gasteiger partial charge on any atom is -0.480 e. The Morgan fingerprint density at radius 3 is 2.50 bits per heavy atom. The maximum absolute atomic E-state index is 12.0. The summed E-state index contributed by atoms with van der Waals surface area (Å²) in [6.45, 7) is 0. The Balaban J connectivity index is 2.09. The molecule has 1 amide bonds. The van der Waals surface area contributed by atoms with Crippen LogP contribution in [0.1, 0.15) is 15.2 Å². The van der Waals surface area contributed by atoms with Crippen LogP contribution >= 0.6 is 22.9 Å². The number of hydrogen-bond donors (Lipinski definition) is 2. The molecule has 2 aromatic rings. The lowest BCUT2D eigenvalue weighted by molar-refractivity contribution is -0.139. The fourth-order valence-corrected chi connectivity index (χ4v) is 2.77. The summed E-state index contributed by atoms with van der Waals surface area (Å²) >= 11 is 7.04. The normalized spacial score (nSPS) is 11.8. The lowest BCUT2D eigenvalue weighted by atomic mass is 10.1. The van der Waals surface area contributed by atoms with Crippen LogP contribution in [-0.2, 0) is 11.2 Å². The zero-order chi connectivity index (χ0) is 14.5. The van der Waals surface area contributed by atoms with Crippen LogP contribution in [0.25, 0.3) is 0 Å². The Morgan fingerprint density at radius 2 is 1.95 bits per heavy atom. The Kier molecular flexibility index (Phi) is 4.76. The molecule has 0 saturated heterocycles. The van der Waals surface area contributed by atoms with Crippen molar-refractivity contribution in [3.8, 4) is 0 Å². The number of nitrogens with one attached hydrogen (secondary N) is 1. The van der Waals surface area contributed by atoms with Gasteiger partial charge in [-0.15, -0.1) is 11.3 Å². The molecule has 0 aliphatic rings. The summed E-state index contributed by atoms with van der Waals surface area (Å²) in [5.74, 6) is -1.54. The van der Waals surface area contributed by atoms with Gasteiger partial charge in [0.1, 0.15) is 10.9 Å². The number of amides is 1. The first-order chi connectivity index (χ1) is 9.58. The Bertz CT molecular complexity index is 612. The quantitative estimate of drug-likeness (QED) is 0.892. The van der Waals surface area contributed by atoms with Crippen LogP contribution in [0.4, 0.5) is 0 Å². The highest BCUT2D eigenvalue weighted by molar-refractivity contribution is 7.12. The summed E-state index contributed by atoms with van der Waals surface area (Å²) in [5.41, 5.74) is 0.845. The summed E-state index contributed by atoms with van der Waals surface area (Å²) in [4.78, 5) is 23.6. The highest BCUT2D eigenvalue weighted by Gasteiger charge is 2.22. The summed E-state index contributed by atoms with van der Waals surface area (Å²) in [7, 11) is 0. The Labute approximate surface area is 125 Å². The van der Waals surface area contributed by atoms with Crippen LogP contribution in [0.3, 0.4) is 0 Å². The third-order valence-corrected chi connectivity index (χ3v) is 4.05. The van der Waals surface area contributed by atoms with Crippen molar-refractivity contribution in [3.05, 3.63) is 57.2 Å². The fourth-order valence-electron chi connectivity index (χ4n) is 1.73. The lowest BCUT2D eigenvalue weighted by Crippen LogP contribution is -2.42. The van der Waals surface area contributed by atoms with Gasteiger partial charge in [0.2, 0.25) is 0 Å². The molecule has 0 spiro atoms. The van der Waals surface area contributed by atoms with Crippen LogP contribution in [0.5, 0.6) is 0 Å². The van der Waals surface area contributed by atoms with E-state index in [1.54, 1.807) is 11.4 Å². The van der Waals surface area contributed by atoms with Crippen molar-refractivity contribution in [1.29, 1.82) is 0 Å². The Morgan fingerprint density at radius 1 is 1.25 bits per heavy atom. The second-order valence-corrected chi connectivity index (χ2v) is 5.47. The van der Waals surface area contributed by atoms with Crippen LogP contribution in [0.15, 0.2) is 41.8 Å². The van der Waals surface area contributed by atoms with E-state index in [1.807, 2.05) is 30.3 Å². The molecular formula is C14H12ClNO3S. The van der Waals surface area contributed by atoms with Crippen molar-refractivity contribution in [3.63, 3.8) is 0 Å². The van der Waals surface area contributed by atoms with Gasteiger partial charge in [-0.1, -0.05) is 41.9 Å². The van der Waals surface area contributed by atoms with E-state index >= 15 is 0 Å². The number of hydrogen-bond acceptors (Lipinski definition) is 3. The Hall–Kier alpha value is -1.85. The fraction of sp³-hybridized carbons (Fsp3) is 0.143. The van der Waals surface area contributed by atoms with Crippen molar-refractivity contribution < 1.29 is 14.7 Å². The summed E-state index contributed by atoms with van der Waals surface area (Å²) in [6.07, 6.45) is 0.227. The molecule has 104 valence electrons. The smallest absolute Gasteiger partial charge is 0.326 e. The van der Waals surface area contributed by atoms with Gasteiger partial charge in [0.25, 0.3) is 5.91 Å². The van der Waals surface area contributed by atoms with Crippen LogP contribution in [0, 0.1) is 0 Å². The number of thiophene rings is 1. The molecule has 0 saturated carbocycles. The molecule has 1 heterocycles. The molecule has 6 heteroatoms. The molecule has 0 aliphatic carbocycles. The first kappa shape index (κ1) is 14.6. The minimum atomic E-state index is -1.07. The zero-order valence-corrected chi connectivity index (χ0v) is 11.9. The largest absolute Gasteiger partial charge is 0.480 e. The zero-order valence-electron chi connectivity index (χ0n) is 10.4. The molecule has 20 heavy (non-hydrogen) atoms. The van der Waals surface area contributed by atoms with Gasteiger partial charge >= 0.3 is 5.97 Å². The van der Waals surface area contributed by atoms with Crippen molar-refractivity contribution in [1.82, 2.24) is 5.32 Å². The van der Waals surface area contributed by atoms with Gasteiger partial charge in [-0.2, -0.15) is 0 Å². The maximum atomic E-state index is 12.0. The van der Waals surface area contributed by atoms with Crippen LogP contribution in [0.2, 0.25) is 5.02 Å². The average Bonchev–Trinajstić information content (AvgIpc) is 2.85. The molecule has 0 bridgehead atoms. The second kappa shape index (κ2) is 6.54. The molecule has 0 fully saturated rings. The highest BCUT2D eigenvalue weighted by Crippen LogP contribution is 2.21. The first-order valence-electron chi connectivity index (χ1n) is 5.88. The molecule has 0 unspecified atom stereocenters. The van der Waals surface area contributed by atoms with E-state index in [1.165, 1.54) is 11.3 Å². The second-order valence-electron chi connectivity index (χ2n) is 4.15. The topological polar surface area (TPSA) is 66.4 Å². The van der Waals surface area contributed by atoms with E-state index in [0.717, 1.165) is 5.56 Å². The number of carboxylic acid groups (broad SMARTS) is 1. The first-order valence-corrected chi connectivity index (χ1v) is 7.14. The lowest BCUT2D eigenvalue weighted by Gasteiger charge is -2.14. The molecule has 1 atom stereocenters. The molecule has 2 rings (SSSR count). The number of benzene rings is 1. The van der Waals surface area contributed by atoms with Crippen LogP contribution in [-0.4, -0.2) is 23.0 Å². The van der Waals surface area contributed by atoms with Gasteiger partial charge in [-0.05, 0) is 17.0 Å². The van der Waals surface area contributed by atoms with E-state index in [-0.39, 0.29) is 6.42 Å². The number of carboxylic acids is 1. The highest BCUT2D eigenvalue weighted by atomic mass is 35.5. The molecule has 2 N–H and O–H groups in total. The van der Waals surface area contributed by atoms with Gasteiger partial charge in [0, 0.05) is 6.42 Å². The summed E-state index contributed by atoms with van der Waals surface area (Å²) in [6, 6.07) is 9.76. The number of halogens is 1. The van der Waals surface area contributed by atoms with Gasteiger partial charge < -0.3 is 10.4 Å². The van der Waals surface area contributed by atoms with Crippen molar-refractivity contribution in [2.45, 2.75) is 12.5 Å². The maximum Gasteiger partial charge on any atom is 0.326 e. The van der Waals surface area contributed by atoms with Crippen molar-refractivity contribution in [2.24, 2.45) is 0 Å². The predicted molar refractivity (Wildman–Crippen MR) is 78.4 cm³/mol. The van der Waals surface area contributed by atoms with Gasteiger partial charge in [-0.3, -0.25) is 4.79 Å². The number of aliphatic carboxylic acids is 1. The number of carbonyl (C=O) groups excluding carboxylic acids is 1. The monoisotopic (exact) mass is 309 g/mol. The number of carbonyl (C=O) groups is 2. The van der Waals surface area contributed by atoms with Crippen molar-refractivity contribution >= 4 is 34.8 Å². The molecule has 4 nitrogen and oxygen atoms in total. The van der Waals surface area contributed by atoms with E-state index < -0.39 is 17.9 Å². The molecule has 0 radical (unpaired) electrons. The van der Waals surface area contributed by atoms with Gasteiger partial charge in [0.05, 0.1) is 5.02 Å². The van der Waals surface area contributed by atoms with E-state index in [4.69, 9.17) is 11.6 Å². The summed E-state index contributed by atoms with van der Waals surface area (Å²) in [5, 5.41) is 13.7. The van der Waals surface area contributed by atoms with Gasteiger partial charge in [0.15, 0.2) is 0 Å². The molecular weight excluding hydrogens is 298 g/mol. The van der Waals surface area contributed by atoms with Crippen molar-refractivity contribution in [2.75, 3.05) is 0 Å². The molecule has 1 aromatic carbocycles. The van der Waals surface area contributed by atoms with Gasteiger partial charge in [-0.25, -0.2) is 4.79 Å². The standard InChI is InChI=1S/C14H12ClNO3S/c15-10-6-7-20-12(10)13(17)16-11(14(18)19)8-9-4-2-1-3-5-9/h1-7,11H,8H2,(H,16,17)(H,18,19)/t11-/m0/s1. The predicted octanol–water partition coefficient (Wildman–Crippen LogP) is 2.83. The molecule has 1 aromatic heterocycles. The van der Waals surface area contributed by atoms with Crippen LogP contribution < -0.4 is 5.32 Å².